The van der Waals surface area contributed by atoms with Crippen LogP contribution in [0.4, 0.5) is 0 Å². The minimum Gasteiger partial charge on any atom is -0.461 e. The highest BCUT2D eigenvalue weighted by atomic mass is 16.5. The van der Waals surface area contributed by atoms with Crippen molar-refractivity contribution in [2.75, 3.05) is 6.54 Å². The second-order valence-corrected chi connectivity index (χ2v) is 5.38. The lowest BCUT2D eigenvalue weighted by atomic mass is 10.0. The minimum absolute atomic E-state index is 0.0306. The highest BCUT2D eigenvalue weighted by molar-refractivity contribution is 5.80. The molecule has 0 aromatic carbocycles. The highest BCUT2D eigenvalue weighted by Crippen LogP contribution is 2.25. The van der Waals surface area contributed by atoms with Crippen LogP contribution in [0.2, 0.25) is 0 Å². The Bertz CT molecular complexity index is 238. The molecule has 1 unspecified atom stereocenters. The van der Waals surface area contributed by atoms with Gasteiger partial charge in [-0.05, 0) is 52.0 Å². The molecule has 92 valence electrons. The second-order valence-electron chi connectivity index (χ2n) is 5.38. The van der Waals surface area contributed by atoms with Gasteiger partial charge >= 0.3 is 5.97 Å². The first-order chi connectivity index (χ1) is 7.71. The van der Waals surface area contributed by atoms with E-state index in [1.54, 1.807) is 0 Å². The predicted molar refractivity (Wildman–Crippen MR) is 63.2 cm³/mol. The molecule has 2 aliphatic rings. The van der Waals surface area contributed by atoms with Crippen LogP contribution in [0.3, 0.4) is 0 Å². The Morgan fingerprint density at radius 1 is 1.19 bits per heavy atom. The average Bonchev–Trinajstić information content (AvgIpc) is 2.56. The number of hydrogen-bond donors (Lipinski definition) is 1. The number of nitrogens with one attached hydrogen (secondary N) is 1. The summed E-state index contributed by atoms with van der Waals surface area (Å²) < 4.78 is 5.66. The van der Waals surface area contributed by atoms with Gasteiger partial charge in [0.1, 0.15) is 11.6 Å². The van der Waals surface area contributed by atoms with Crippen molar-refractivity contribution < 1.29 is 9.53 Å². The summed E-state index contributed by atoms with van der Waals surface area (Å²) in [6.45, 7) is 2.91. The molecular formula is C13H23NO2. The quantitative estimate of drug-likeness (QED) is 0.579. The first-order valence-electron chi connectivity index (χ1n) is 6.67. The van der Waals surface area contributed by atoms with Crippen LogP contribution in [0, 0.1) is 0 Å². The molecule has 0 bridgehead atoms. The summed E-state index contributed by atoms with van der Waals surface area (Å²) in [6.07, 6.45) is 9.30. The van der Waals surface area contributed by atoms with Gasteiger partial charge in [-0.2, -0.15) is 0 Å². The number of rotatable bonds is 2. The zero-order valence-electron chi connectivity index (χ0n) is 10.3. The van der Waals surface area contributed by atoms with Crippen LogP contribution in [-0.2, 0) is 9.53 Å². The molecule has 2 fully saturated rings. The van der Waals surface area contributed by atoms with Gasteiger partial charge in [0, 0.05) is 0 Å². The molecule has 1 saturated carbocycles. The van der Waals surface area contributed by atoms with Crippen molar-refractivity contribution in [1.82, 2.24) is 5.32 Å². The maximum absolute atomic E-state index is 12.1. The Balaban J connectivity index is 1.85. The van der Waals surface area contributed by atoms with Gasteiger partial charge in [-0.25, -0.2) is 0 Å². The van der Waals surface area contributed by atoms with Crippen LogP contribution in [0.25, 0.3) is 0 Å². The topological polar surface area (TPSA) is 38.3 Å². The van der Waals surface area contributed by atoms with Crippen LogP contribution in [0.1, 0.15) is 58.3 Å². The van der Waals surface area contributed by atoms with E-state index in [9.17, 15) is 4.79 Å². The largest absolute Gasteiger partial charge is 0.461 e. The molecule has 3 heteroatoms. The van der Waals surface area contributed by atoms with E-state index in [4.69, 9.17) is 4.74 Å². The molecule has 0 spiro atoms. The zero-order valence-corrected chi connectivity index (χ0v) is 10.3. The fourth-order valence-electron chi connectivity index (χ4n) is 2.71. The standard InChI is InChI=1S/C13H23NO2/c1-13(9-6-10-14-13)12(15)16-11-7-4-2-3-5-8-11/h11,14H,2-10H2,1H3. The molecule has 1 saturated heterocycles. The molecule has 1 aliphatic carbocycles. The summed E-state index contributed by atoms with van der Waals surface area (Å²) in [7, 11) is 0. The third kappa shape index (κ3) is 2.76. The van der Waals surface area contributed by atoms with E-state index in [1.807, 2.05) is 6.92 Å². The molecule has 1 aliphatic heterocycles. The molecule has 0 aromatic rings. The molecule has 0 radical (unpaired) electrons. The van der Waals surface area contributed by atoms with E-state index >= 15 is 0 Å². The van der Waals surface area contributed by atoms with Crippen molar-refractivity contribution in [3.05, 3.63) is 0 Å². The molecule has 0 aromatic heterocycles. The fourth-order valence-corrected chi connectivity index (χ4v) is 2.71. The van der Waals surface area contributed by atoms with Gasteiger partial charge in [-0.15, -0.1) is 0 Å². The average molecular weight is 225 g/mol. The summed E-state index contributed by atoms with van der Waals surface area (Å²) in [5.74, 6) is -0.0306. The summed E-state index contributed by atoms with van der Waals surface area (Å²) >= 11 is 0. The van der Waals surface area contributed by atoms with Crippen LogP contribution in [0.5, 0.6) is 0 Å². The third-order valence-electron chi connectivity index (χ3n) is 3.90. The first kappa shape index (κ1) is 11.9. The molecule has 1 heterocycles. The molecule has 3 nitrogen and oxygen atoms in total. The number of hydrogen-bond acceptors (Lipinski definition) is 3. The minimum atomic E-state index is -0.410. The SMILES string of the molecule is CC1(C(=O)OC2CCCCCC2)CCCN1. The molecule has 16 heavy (non-hydrogen) atoms. The maximum Gasteiger partial charge on any atom is 0.326 e. The van der Waals surface area contributed by atoms with E-state index in [-0.39, 0.29) is 12.1 Å². The predicted octanol–water partition coefficient (Wildman–Crippen LogP) is 2.39. The van der Waals surface area contributed by atoms with Crippen molar-refractivity contribution in [3.63, 3.8) is 0 Å². The van der Waals surface area contributed by atoms with Gasteiger partial charge in [0.25, 0.3) is 0 Å². The Labute approximate surface area is 97.9 Å². The summed E-state index contributed by atoms with van der Waals surface area (Å²) in [5, 5.41) is 3.26. The molecule has 2 rings (SSSR count). The van der Waals surface area contributed by atoms with Gasteiger partial charge in [-0.3, -0.25) is 4.79 Å². The van der Waals surface area contributed by atoms with Crippen molar-refractivity contribution in [1.29, 1.82) is 0 Å². The number of carbonyl (C=O) groups excluding carboxylic acids is 1. The van der Waals surface area contributed by atoms with E-state index in [1.165, 1.54) is 25.7 Å². The Kier molecular flexibility index (Phi) is 3.85. The van der Waals surface area contributed by atoms with Gasteiger partial charge < -0.3 is 10.1 Å². The first-order valence-corrected chi connectivity index (χ1v) is 6.67. The number of ether oxygens (including phenoxy) is 1. The number of esters is 1. The van der Waals surface area contributed by atoms with Gasteiger partial charge in [0.2, 0.25) is 0 Å². The van der Waals surface area contributed by atoms with E-state index < -0.39 is 5.54 Å². The van der Waals surface area contributed by atoms with Crippen LogP contribution in [0.15, 0.2) is 0 Å². The normalized spacial score (nSPS) is 32.3. The smallest absolute Gasteiger partial charge is 0.326 e. The maximum atomic E-state index is 12.1. The lowest BCUT2D eigenvalue weighted by Gasteiger charge is -2.25. The van der Waals surface area contributed by atoms with E-state index in [2.05, 4.69) is 5.32 Å². The Hall–Kier alpha value is -0.570. The second kappa shape index (κ2) is 5.17. The molecular weight excluding hydrogens is 202 g/mol. The highest BCUT2D eigenvalue weighted by Gasteiger charge is 2.38. The van der Waals surface area contributed by atoms with E-state index in [0.29, 0.717) is 0 Å². The van der Waals surface area contributed by atoms with Gasteiger partial charge in [0.15, 0.2) is 0 Å². The summed E-state index contributed by atoms with van der Waals surface area (Å²) in [5.41, 5.74) is -0.410. The van der Waals surface area contributed by atoms with E-state index in [0.717, 1.165) is 32.2 Å². The van der Waals surface area contributed by atoms with Crippen molar-refractivity contribution in [2.45, 2.75) is 69.9 Å². The zero-order chi connectivity index (χ0) is 11.4. The van der Waals surface area contributed by atoms with Crippen LogP contribution >= 0.6 is 0 Å². The molecule has 1 atom stereocenters. The molecule has 0 amide bonds. The van der Waals surface area contributed by atoms with Gasteiger partial charge in [-0.1, -0.05) is 12.8 Å². The third-order valence-corrected chi connectivity index (χ3v) is 3.90. The van der Waals surface area contributed by atoms with Gasteiger partial charge in [0.05, 0.1) is 0 Å². The number of carbonyl (C=O) groups is 1. The van der Waals surface area contributed by atoms with Crippen molar-refractivity contribution in [2.24, 2.45) is 0 Å². The monoisotopic (exact) mass is 225 g/mol. The lowest BCUT2D eigenvalue weighted by Crippen LogP contribution is -2.46. The Morgan fingerprint density at radius 3 is 2.44 bits per heavy atom. The van der Waals surface area contributed by atoms with Crippen LogP contribution < -0.4 is 5.32 Å². The Morgan fingerprint density at radius 2 is 1.88 bits per heavy atom. The van der Waals surface area contributed by atoms with Crippen molar-refractivity contribution in [3.8, 4) is 0 Å². The van der Waals surface area contributed by atoms with Crippen molar-refractivity contribution >= 4 is 5.97 Å². The summed E-state index contributed by atoms with van der Waals surface area (Å²) in [6, 6.07) is 0. The lowest BCUT2D eigenvalue weighted by molar-refractivity contribution is -0.156. The fraction of sp³-hybridized carbons (Fsp3) is 0.923. The molecule has 1 N–H and O–H groups in total. The summed E-state index contributed by atoms with van der Waals surface area (Å²) in [4.78, 5) is 12.1. The van der Waals surface area contributed by atoms with Crippen LogP contribution in [-0.4, -0.2) is 24.2 Å².